The van der Waals surface area contributed by atoms with Crippen LogP contribution in [0.1, 0.15) is 52.0 Å². The summed E-state index contributed by atoms with van der Waals surface area (Å²) in [6.07, 6.45) is 2.39. The Morgan fingerprint density at radius 2 is 2.04 bits per heavy atom. The average Bonchev–Trinajstić information content (AvgIpc) is 3.15. The first kappa shape index (κ1) is 15.7. The van der Waals surface area contributed by atoms with Crippen molar-refractivity contribution >= 4 is 5.91 Å². The third kappa shape index (κ3) is 3.60. The van der Waals surface area contributed by atoms with Gasteiger partial charge in [-0.25, -0.2) is 0 Å². The highest BCUT2D eigenvalue weighted by atomic mass is 16.5. The van der Waals surface area contributed by atoms with E-state index in [-0.39, 0.29) is 17.4 Å². The fourth-order valence-corrected chi connectivity index (χ4v) is 2.95. The van der Waals surface area contributed by atoms with E-state index in [0.717, 1.165) is 24.9 Å². The quantitative estimate of drug-likeness (QED) is 0.864. The molecule has 1 fully saturated rings. The van der Waals surface area contributed by atoms with Gasteiger partial charge >= 0.3 is 0 Å². The van der Waals surface area contributed by atoms with E-state index in [1.54, 1.807) is 0 Å². The van der Waals surface area contributed by atoms with Crippen LogP contribution in [0, 0.1) is 5.41 Å². The summed E-state index contributed by atoms with van der Waals surface area (Å²) < 4.78 is 5.46. The first-order valence-electron chi connectivity index (χ1n) is 8.12. The molecule has 0 spiro atoms. The first-order valence-corrected chi connectivity index (χ1v) is 8.12. The number of nitrogens with zero attached hydrogens (tertiary/aromatic N) is 3. The molecule has 0 radical (unpaired) electrons. The first-order chi connectivity index (χ1) is 10.9. The van der Waals surface area contributed by atoms with Gasteiger partial charge < -0.3 is 9.42 Å². The molecule has 1 aromatic carbocycles. The number of aromatic nitrogens is 2. The van der Waals surface area contributed by atoms with E-state index in [1.807, 2.05) is 35.2 Å². The number of benzene rings is 1. The van der Waals surface area contributed by atoms with E-state index in [2.05, 4.69) is 30.9 Å². The summed E-state index contributed by atoms with van der Waals surface area (Å²) in [5, 5.41) is 4.08. The minimum absolute atomic E-state index is 0.0196. The molecule has 122 valence electrons. The van der Waals surface area contributed by atoms with Crippen molar-refractivity contribution in [3.05, 3.63) is 36.2 Å². The Morgan fingerprint density at radius 3 is 2.74 bits per heavy atom. The van der Waals surface area contributed by atoms with Crippen molar-refractivity contribution < 1.29 is 9.32 Å². The molecule has 0 N–H and O–H groups in total. The number of carbonyl (C=O) groups excluding carboxylic acids is 1. The van der Waals surface area contributed by atoms with Gasteiger partial charge in [0.15, 0.2) is 0 Å². The molecule has 3 rings (SSSR count). The van der Waals surface area contributed by atoms with Crippen LogP contribution in [0.3, 0.4) is 0 Å². The Kier molecular flexibility index (Phi) is 4.20. The predicted octanol–water partition coefficient (Wildman–Crippen LogP) is 3.84. The summed E-state index contributed by atoms with van der Waals surface area (Å²) in [7, 11) is 0. The Bertz CT molecular complexity index is 673. The Balaban J connectivity index is 1.78. The van der Waals surface area contributed by atoms with Crippen LogP contribution in [-0.2, 0) is 4.79 Å². The largest absolute Gasteiger partial charge is 0.337 e. The molecule has 23 heavy (non-hydrogen) atoms. The number of carbonyl (C=O) groups is 1. The Hall–Kier alpha value is -2.17. The Morgan fingerprint density at radius 1 is 1.30 bits per heavy atom. The molecule has 1 atom stereocenters. The van der Waals surface area contributed by atoms with E-state index in [9.17, 15) is 4.79 Å². The molecule has 0 bridgehead atoms. The van der Waals surface area contributed by atoms with Gasteiger partial charge in [-0.3, -0.25) is 4.79 Å². The average molecular weight is 313 g/mol. The van der Waals surface area contributed by atoms with Crippen LogP contribution in [0.2, 0.25) is 0 Å². The van der Waals surface area contributed by atoms with Crippen molar-refractivity contribution in [1.29, 1.82) is 0 Å². The van der Waals surface area contributed by atoms with Gasteiger partial charge in [0.05, 0.1) is 0 Å². The molecule has 1 aliphatic rings. The van der Waals surface area contributed by atoms with Crippen LogP contribution < -0.4 is 0 Å². The maximum absolute atomic E-state index is 12.6. The van der Waals surface area contributed by atoms with Gasteiger partial charge in [0, 0.05) is 18.5 Å². The lowest BCUT2D eigenvalue weighted by atomic mass is 9.91. The lowest BCUT2D eigenvalue weighted by Crippen LogP contribution is -2.33. The molecule has 1 amide bonds. The van der Waals surface area contributed by atoms with Gasteiger partial charge in [-0.1, -0.05) is 56.3 Å². The van der Waals surface area contributed by atoms with E-state index in [0.29, 0.717) is 18.1 Å². The highest BCUT2D eigenvalue weighted by molar-refractivity contribution is 5.77. The molecule has 0 aliphatic carbocycles. The molecule has 1 aliphatic heterocycles. The maximum atomic E-state index is 12.6. The van der Waals surface area contributed by atoms with E-state index < -0.39 is 0 Å². The van der Waals surface area contributed by atoms with Crippen LogP contribution in [-0.4, -0.2) is 27.5 Å². The lowest BCUT2D eigenvalue weighted by Gasteiger charge is -2.26. The Labute approximate surface area is 136 Å². The maximum Gasteiger partial charge on any atom is 0.249 e. The number of hydrogen-bond acceptors (Lipinski definition) is 4. The minimum Gasteiger partial charge on any atom is -0.337 e. The smallest absolute Gasteiger partial charge is 0.249 e. The normalized spacial score (nSPS) is 18.4. The molecular formula is C18H23N3O2. The van der Waals surface area contributed by atoms with Crippen LogP contribution in [0.15, 0.2) is 34.9 Å². The molecule has 5 nitrogen and oxygen atoms in total. The second-order valence-electron chi connectivity index (χ2n) is 7.30. The molecule has 1 saturated heterocycles. The van der Waals surface area contributed by atoms with E-state index in [4.69, 9.17) is 4.52 Å². The van der Waals surface area contributed by atoms with Gasteiger partial charge in [-0.2, -0.15) is 4.98 Å². The number of amides is 1. The summed E-state index contributed by atoms with van der Waals surface area (Å²) >= 11 is 0. The lowest BCUT2D eigenvalue weighted by molar-refractivity contribution is -0.134. The van der Waals surface area contributed by atoms with Gasteiger partial charge in [-0.15, -0.1) is 0 Å². The van der Waals surface area contributed by atoms with E-state index in [1.165, 1.54) is 0 Å². The molecular weight excluding hydrogens is 290 g/mol. The highest BCUT2D eigenvalue weighted by Crippen LogP contribution is 2.34. The summed E-state index contributed by atoms with van der Waals surface area (Å²) in [5.41, 5.74) is 0.905. The SMILES string of the molecule is CC(C)(C)CC(=O)N1CCCC1c1nc(-c2ccccc2)no1. The summed E-state index contributed by atoms with van der Waals surface area (Å²) in [5.74, 6) is 1.29. The van der Waals surface area contributed by atoms with Gasteiger partial charge in [-0.05, 0) is 18.3 Å². The predicted molar refractivity (Wildman–Crippen MR) is 87.5 cm³/mol. The zero-order valence-electron chi connectivity index (χ0n) is 14.0. The van der Waals surface area contributed by atoms with Crippen molar-refractivity contribution in [2.45, 2.75) is 46.1 Å². The standard InChI is InChI=1S/C18H23N3O2/c1-18(2,3)12-15(22)21-11-7-10-14(21)17-19-16(20-23-17)13-8-5-4-6-9-13/h4-6,8-9,14H,7,10-12H2,1-3H3. The molecule has 1 unspecified atom stereocenters. The summed E-state index contributed by atoms with van der Waals surface area (Å²) in [6.45, 7) is 7.01. The molecule has 5 heteroatoms. The van der Waals surface area contributed by atoms with Crippen molar-refractivity contribution in [2.75, 3.05) is 6.54 Å². The monoisotopic (exact) mass is 313 g/mol. The molecule has 0 saturated carbocycles. The zero-order valence-corrected chi connectivity index (χ0v) is 14.0. The molecule has 1 aromatic heterocycles. The van der Waals surface area contributed by atoms with Gasteiger partial charge in [0.2, 0.25) is 17.6 Å². The van der Waals surface area contributed by atoms with Crippen LogP contribution in [0.4, 0.5) is 0 Å². The van der Waals surface area contributed by atoms with Crippen LogP contribution in [0.25, 0.3) is 11.4 Å². The van der Waals surface area contributed by atoms with Crippen molar-refractivity contribution in [1.82, 2.24) is 15.0 Å². The van der Waals surface area contributed by atoms with Crippen molar-refractivity contribution in [3.8, 4) is 11.4 Å². The minimum atomic E-state index is -0.0881. The second-order valence-corrected chi connectivity index (χ2v) is 7.30. The third-order valence-electron chi connectivity index (χ3n) is 4.01. The fourth-order valence-electron chi connectivity index (χ4n) is 2.95. The highest BCUT2D eigenvalue weighted by Gasteiger charge is 2.35. The van der Waals surface area contributed by atoms with Crippen LogP contribution in [0.5, 0.6) is 0 Å². The topological polar surface area (TPSA) is 59.2 Å². The number of hydrogen-bond donors (Lipinski definition) is 0. The fraction of sp³-hybridized carbons (Fsp3) is 0.500. The third-order valence-corrected chi connectivity index (χ3v) is 4.01. The zero-order chi connectivity index (χ0) is 16.4. The van der Waals surface area contributed by atoms with E-state index >= 15 is 0 Å². The van der Waals surface area contributed by atoms with Crippen molar-refractivity contribution in [2.24, 2.45) is 5.41 Å². The van der Waals surface area contributed by atoms with Crippen LogP contribution >= 0.6 is 0 Å². The summed E-state index contributed by atoms with van der Waals surface area (Å²) in [6, 6.07) is 9.65. The number of rotatable bonds is 3. The van der Waals surface area contributed by atoms with Gasteiger partial charge in [0.1, 0.15) is 6.04 Å². The summed E-state index contributed by atoms with van der Waals surface area (Å²) in [4.78, 5) is 19.0. The second kappa shape index (κ2) is 6.14. The molecule has 2 heterocycles. The number of likely N-dealkylation sites (tertiary alicyclic amines) is 1. The molecule has 2 aromatic rings. The van der Waals surface area contributed by atoms with Crippen molar-refractivity contribution in [3.63, 3.8) is 0 Å². The van der Waals surface area contributed by atoms with Gasteiger partial charge in [0.25, 0.3) is 0 Å².